The van der Waals surface area contributed by atoms with E-state index in [1.807, 2.05) is 30.3 Å². The number of benzene rings is 1. The lowest BCUT2D eigenvalue weighted by Crippen LogP contribution is -2.29. The van der Waals surface area contributed by atoms with Crippen LogP contribution in [0.15, 0.2) is 59.5 Å². The third-order valence-corrected chi connectivity index (χ3v) is 5.05. The summed E-state index contributed by atoms with van der Waals surface area (Å²) in [5.74, 6) is 0.380. The highest BCUT2D eigenvalue weighted by Gasteiger charge is 2.14. The van der Waals surface area contributed by atoms with E-state index >= 15 is 0 Å². The zero-order valence-corrected chi connectivity index (χ0v) is 15.8. The van der Waals surface area contributed by atoms with E-state index in [1.54, 1.807) is 12.3 Å². The van der Waals surface area contributed by atoms with Gasteiger partial charge in [0, 0.05) is 23.3 Å². The largest absolute Gasteiger partial charge is 0.324 e. The lowest BCUT2D eigenvalue weighted by Gasteiger charge is -2.18. The van der Waals surface area contributed by atoms with Crippen molar-refractivity contribution < 1.29 is 4.79 Å². The first-order valence-corrected chi connectivity index (χ1v) is 9.51. The van der Waals surface area contributed by atoms with Gasteiger partial charge in [-0.3, -0.25) is 14.6 Å². The van der Waals surface area contributed by atoms with Crippen LogP contribution in [-0.2, 0) is 11.3 Å². The molecule has 1 unspecified atom stereocenters. The van der Waals surface area contributed by atoms with E-state index < -0.39 is 0 Å². The van der Waals surface area contributed by atoms with Crippen molar-refractivity contribution >= 4 is 28.1 Å². The van der Waals surface area contributed by atoms with Crippen molar-refractivity contribution in [1.29, 1.82) is 0 Å². The van der Waals surface area contributed by atoms with Crippen molar-refractivity contribution in [3.63, 3.8) is 0 Å². The van der Waals surface area contributed by atoms with Gasteiger partial charge in [0.2, 0.25) is 5.91 Å². The molecule has 0 radical (unpaired) electrons. The van der Waals surface area contributed by atoms with Crippen LogP contribution in [0.4, 0.5) is 5.69 Å². The molecule has 0 fully saturated rings. The SMILES string of the molecule is CC1CC=C(c2ccc(=O)n(CC(=O)Nc3ccc4cccnc4c3)n2)CC1. The van der Waals surface area contributed by atoms with Crippen LogP contribution >= 0.6 is 0 Å². The van der Waals surface area contributed by atoms with Gasteiger partial charge in [0.1, 0.15) is 6.54 Å². The van der Waals surface area contributed by atoms with Crippen molar-refractivity contribution in [3.8, 4) is 0 Å². The molecule has 2 aromatic heterocycles. The minimum atomic E-state index is -0.298. The molecule has 28 heavy (non-hydrogen) atoms. The molecule has 0 spiro atoms. The van der Waals surface area contributed by atoms with E-state index in [4.69, 9.17) is 0 Å². The van der Waals surface area contributed by atoms with Crippen molar-refractivity contribution in [3.05, 3.63) is 70.8 Å². The van der Waals surface area contributed by atoms with Crippen LogP contribution in [0, 0.1) is 5.92 Å². The number of fused-ring (bicyclic) bond motifs is 1. The third kappa shape index (κ3) is 4.01. The summed E-state index contributed by atoms with van der Waals surface area (Å²) >= 11 is 0. The van der Waals surface area contributed by atoms with E-state index in [1.165, 1.54) is 10.7 Å². The fourth-order valence-corrected chi connectivity index (χ4v) is 3.41. The number of nitrogens with one attached hydrogen (secondary N) is 1. The average Bonchev–Trinajstić information content (AvgIpc) is 2.70. The monoisotopic (exact) mass is 374 g/mol. The van der Waals surface area contributed by atoms with E-state index in [9.17, 15) is 9.59 Å². The quantitative estimate of drug-likeness (QED) is 0.756. The number of allylic oxidation sites excluding steroid dienone is 2. The molecule has 0 saturated carbocycles. The van der Waals surface area contributed by atoms with Gasteiger partial charge in [-0.1, -0.05) is 25.1 Å². The maximum atomic E-state index is 12.5. The second-order valence-electron chi connectivity index (χ2n) is 7.28. The van der Waals surface area contributed by atoms with E-state index in [0.29, 0.717) is 11.6 Å². The molecule has 1 aliphatic rings. The fraction of sp³-hybridized carbons (Fsp3) is 0.273. The Morgan fingerprint density at radius 1 is 1.25 bits per heavy atom. The lowest BCUT2D eigenvalue weighted by atomic mass is 9.90. The number of anilines is 1. The number of pyridine rings is 1. The number of aromatic nitrogens is 3. The smallest absolute Gasteiger partial charge is 0.267 e. The standard InChI is InChI=1S/C22H22N4O2/c1-15-4-6-17(7-5-15)19-10-11-22(28)26(25-19)14-21(27)24-18-9-8-16-3-2-12-23-20(16)13-18/h2-3,6,8-13,15H,4-5,7,14H2,1H3,(H,24,27). The van der Waals surface area contributed by atoms with Gasteiger partial charge in [0.05, 0.1) is 11.2 Å². The second-order valence-corrected chi connectivity index (χ2v) is 7.28. The first kappa shape index (κ1) is 18.1. The molecule has 0 saturated heterocycles. The summed E-state index contributed by atoms with van der Waals surface area (Å²) in [6, 6.07) is 12.6. The number of rotatable bonds is 4. The molecular weight excluding hydrogens is 352 g/mol. The van der Waals surface area contributed by atoms with Crippen LogP contribution in [0.2, 0.25) is 0 Å². The summed E-state index contributed by atoms with van der Waals surface area (Å²) in [6.45, 7) is 2.10. The lowest BCUT2D eigenvalue weighted by molar-refractivity contribution is -0.117. The third-order valence-electron chi connectivity index (χ3n) is 5.05. The number of nitrogens with zero attached hydrogens (tertiary/aromatic N) is 3. The van der Waals surface area contributed by atoms with Gasteiger partial charge in [-0.05, 0) is 55.0 Å². The minimum Gasteiger partial charge on any atom is -0.324 e. The number of hydrogen-bond acceptors (Lipinski definition) is 4. The molecule has 6 nitrogen and oxygen atoms in total. The predicted molar refractivity (Wildman–Crippen MR) is 110 cm³/mol. The summed E-state index contributed by atoms with van der Waals surface area (Å²) in [7, 11) is 0. The highest BCUT2D eigenvalue weighted by atomic mass is 16.2. The summed E-state index contributed by atoms with van der Waals surface area (Å²) in [5, 5.41) is 8.24. The van der Waals surface area contributed by atoms with Gasteiger partial charge in [-0.2, -0.15) is 5.10 Å². The van der Waals surface area contributed by atoms with Crippen molar-refractivity contribution in [2.24, 2.45) is 5.92 Å². The Labute approximate surface area is 162 Å². The van der Waals surface area contributed by atoms with Gasteiger partial charge in [-0.15, -0.1) is 0 Å². The zero-order valence-electron chi connectivity index (χ0n) is 15.8. The van der Waals surface area contributed by atoms with Crippen molar-refractivity contribution in [2.45, 2.75) is 32.7 Å². The number of carbonyl (C=O) groups is 1. The van der Waals surface area contributed by atoms with Crippen LogP contribution in [0.3, 0.4) is 0 Å². The minimum absolute atomic E-state index is 0.128. The molecule has 1 aliphatic carbocycles. The highest BCUT2D eigenvalue weighted by molar-refractivity contribution is 5.93. The van der Waals surface area contributed by atoms with Crippen LogP contribution in [0.25, 0.3) is 16.5 Å². The Morgan fingerprint density at radius 2 is 2.14 bits per heavy atom. The van der Waals surface area contributed by atoms with Crippen LogP contribution in [-0.4, -0.2) is 20.7 Å². The molecule has 1 atom stereocenters. The Bertz CT molecular complexity index is 1120. The Hall–Kier alpha value is -3.28. The molecule has 3 aromatic rings. The topological polar surface area (TPSA) is 76.9 Å². The molecule has 6 heteroatoms. The normalized spacial score (nSPS) is 16.6. The van der Waals surface area contributed by atoms with Crippen molar-refractivity contribution in [1.82, 2.24) is 14.8 Å². The van der Waals surface area contributed by atoms with E-state index in [0.717, 1.165) is 41.4 Å². The molecule has 1 N–H and O–H groups in total. The van der Waals surface area contributed by atoms with Gasteiger partial charge in [-0.25, -0.2) is 4.68 Å². The predicted octanol–water partition coefficient (Wildman–Crippen LogP) is 3.63. The van der Waals surface area contributed by atoms with E-state index in [2.05, 4.69) is 28.4 Å². The second kappa shape index (κ2) is 7.76. The zero-order chi connectivity index (χ0) is 19.5. The molecule has 0 bridgehead atoms. The maximum Gasteiger partial charge on any atom is 0.267 e. The van der Waals surface area contributed by atoms with Crippen LogP contribution in [0.1, 0.15) is 31.9 Å². The average molecular weight is 374 g/mol. The number of amides is 1. The molecule has 2 heterocycles. The van der Waals surface area contributed by atoms with Crippen LogP contribution in [0.5, 0.6) is 0 Å². The molecular formula is C22H22N4O2. The van der Waals surface area contributed by atoms with Gasteiger partial charge in [0.15, 0.2) is 0 Å². The first-order valence-electron chi connectivity index (χ1n) is 9.51. The van der Waals surface area contributed by atoms with Gasteiger partial charge in [0.25, 0.3) is 5.56 Å². The van der Waals surface area contributed by atoms with Crippen molar-refractivity contribution in [2.75, 3.05) is 5.32 Å². The summed E-state index contributed by atoms with van der Waals surface area (Å²) in [5.41, 5.74) is 3.08. The Balaban J connectivity index is 1.50. The summed E-state index contributed by atoms with van der Waals surface area (Å²) in [6.07, 6.45) is 6.98. The molecule has 0 aliphatic heterocycles. The molecule has 1 amide bonds. The Kier molecular flexibility index (Phi) is 5.02. The molecule has 4 rings (SSSR count). The van der Waals surface area contributed by atoms with Gasteiger partial charge >= 0.3 is 0 Å². The fourth-order valence-electron chi connectivity index (χ4n) is 3.41. The number of hydrogen-bond donors (Lipinski definition) is 1. The molecule has 1 aromatic carbocycles. The first-order chi connectivity index (χ1) is 13.6. The van der Waals surface area contributed by atoms with Crippen LogP contribution < -0.4 is 10.9 Å². The highest BCUT2D eigenvalue weighted by Crippen LogP contribution is 2.28. The maximum absolute atomic E-state index is 12.5. The number of carbonyl (C=O) groups excluding carboxylic acids is 1. The Morgan fingerprint density at radius 3 is 2.96 bits per heavy atom. The van der Waals surface area contributed by atoms with E-state index in [-0.39, 0.29) is 18.0 Å². The summed E-state index contributed by atoms with van der Waals surface area (Å²) < 4.78 is 1.23. The van der Waals surface area contributed by atoms with Gasteiger partial charge < -0.3 is 5.32 Å². The molecule has 142 valence electrons. The summed E-state index contributed by atoms with van der Waals surface area (Å²) in [4.78, 5) is 28.9.